The van der Waals surface area contributed by atoms with Crippen LogP contribution in [0.1, 0.15) is 11.3 Å². The van der Waals surface area contributed by atoms with Gasteiger partial charge in [-0.05, 0) is 12.1 Å². The summed E-state index contributed by atoms with van der Waals surface area (Å²) in [6.45, 7) is -1.69. The van der Waals surface area contributed by atoms with Crippen LogP contribution in [0.4, 0.5) is 22.0 Å². The lowest BCUT2D eigenvalue weighted by Gasteiger charge is -2.17. The molecule has 2 nitrogen and oxygen atoms in total. The van der Waals surface area contributed by atoms with Gasteiger partial charge in [-0.15, -0.1) is 0 Å². The number of halogens is 5. The number of alkyl halides is 5. The molecule has 0 bridgehead atoms. The maximum atomic E-state index is 12.9. The molecular formula is C8H6F5NO. The number of aromatic nitrogens is 1. The predicted molar refractivity (Wildman–Crippen MR) is 40.2 cm³/mol. The van der Waals surface area contributed by atoms with Crippen LogP contribution in [-0.2, 0) is 12.1 Å². The van der Waals surface area contributed by atoms with E-state index >= 15 is 0 Å². The van der Waals surface area contributed by atoms with Crippen molar-refractivity contribution in [2.24, 2.45) is 0 Å². The van der Waals surface area contributed by atoms with Gasteiger partial charge in [-0.25, -0.2) is 0 Å². The van der Waals surface area contributed by atoms with Crippen LogP contribution in [-0.4, -0.2) is 16.7 Å². The zero-order chi connectivity index (χ0) is 11.7. The van der Waals surface area contributed by atoms with Crippen LogP contribution in [0.3, 0.4) is 0 Å². The van der Waals surface area contributed by atoms with Crippen molar-refractivity contribution in [3.8, 4) is 0 Å². The molecule has 0 unspecified atom stereocenters. The van der Waals surface area contributed by atoms with Crippen molar-refractivity contribution in [2.75, 3.05) is 6.61 Å². The van der Waals surface area contributed by atoms with Gasteiger partial charge in [0, 0.05) is 6.20 Å². The highest BCUT2D eigenvalue weighted by molar-refractivity contribution is 5.27. The third-order valence-corrected chi connectivity index (χ3v) is 1.67. The first-order chi connectivity index (χ1) is 6.79. The second-order valence-electron chi connectivity index (χ2n) is 2.76. The third-order valence-electron chi connectivity index (χ3n) is 1.67. The highest BCUT2D eigenvalue weighted by Crippen LogP contribution is 2.37. The molecule has 1 heterocycles. The fourth-order valence-electron chi connectivity index (χ4n) is 1.01. The van der Waals surface area contributed by atoms with E-state index in [1.54, 1.807) is 0 Å². The summed E-state index contributed by atoms with van der Waals surface area (Å²) in [6.07, 6.45) is -4.20. The van der Waals surface area contributed by atoms with Crippen LogP contribution in [0, 0.1) is 0 Å². The van der Waals surface area contributed by atoms with Crippen molar-refractivity contribution < 1.29 is 27.1 Å². The number of pyridine rings is 1. The first kappa shape index (κ1) is 11.8. The molecule has 0 amide bonds. The minimum atomic E-state index is -4.96. The summed E-state index contributed by atoms with van der Waals surface area (Å²) < 4.78 is 62.5. The Morgan fingerprint density at radius 1 is 1.20 bits per heavy atom. The molecule has 0 aromatic carbocycles. The Morgan fingerprint density at radius 3 is 2.27 bits per heavy atom. The van der Waals surface area contributed by atoms with Gasteiger partial charge in [-0.2, -0.15) is 22.0 Å². The molecule has 0 atom stereocenters. The second kappa shape index (κ2) is 3.73. The largest absolute Gasteiger partial charge is 0.433 e. The van der Waals surface area contributed by atoms with Gasteiger partial charge in [0.05, 0.1) is 5.56 Å². The number of hydrogen-bond donors (Lipinski definition) is 1. The lowest BCUT2D eigenvalue weighted by molar-refractivity contribution is -0.147. The maximum absolute atomic E-state index is 12.9. The Balaban J connectivity index is 3.31. The summed E-state index contributed by atoms with van der Waals surface area (Å²) in [5.41, 5.74) is -3.00. The zero-order valence-electron chi connectivity index (χ0n) is 7.22. The van der Waals surface area contributed by atoms with Crippen LogP contribution in [0.5, 0.6) is 0 Å². The fraction of sp³-hybridized carbons (Fsp3) is 0.375. The van der Waals surface area contributed by atoms with E-state index < -0.39 is 30.0 Å². The van der Waals surface area contributed by atoms with Gasteiger partial charge in [-0.3, -0.25) is 4.98 Å². The predicted octanol–water partition coefficient (Wildman–Crippen LogP) is 2.18. The van der Waals surface area contributed by atoms with Crippen molar-refractivity contribution in [2.45, 2.75) is 12.1 Å². The summed E-state index contributed by atoms with van der Waals surface area (Å²) in [5, 5.41) is 8.29. The monoisotopic (exact) mass is 227 g/mol. The van der Waals surface area contributed by atoms with Gasteiger partial charge in [-0.1, -0.05) is 0 Å². The molecule has 0 saturated heterocycles. The van der Waals surface area contributed by atoms with E-state index in [0.29, 0.717) is 6.07 Å². The minimum absolute atomic E-state index is 0.589. The molecule has 1 rings (SSSR count). The van der Waals surface area contributed by atoms with Crippen molar-refractivity contribution in [3.05, 3.63) is 29.6 Å². The molecule has 0 radical (unpaired) electrons. The van der Waals surface area contributed by atoms with Crippen molar-refractivity contribution in [1.29, 1.82) is 0 Å². The fourth-order valence-corrected chi connectivity index (χ4v) is 1.01. The van der Waals surface area contributed by atoms with Crippen molar-refractivity contribution in [3.63, 3.8) is 0 Å². The average Bonchev–Trinajstić information content (AvgIpc) is 2.16. The molecule has 84 valence electrons. The Bertz CT molecular complexity index is 349. The SMILES string of the molecule is OCC(F)(F)c1cccnc1C(F)(F)F. The van der Waals surface area contributed by atoms with Gasteiger partial charge in [0.2, 0.25) is 0 Å². The van der Waals surface area contributed by atoms with E-state index in [4.69, 9.17) is 5.11 Å². The van der Waals surface area contributed by atoms with E-state index in [1.807, 2.05) is 0 Å². The minimum Gasteiger partial charge on any atom is -0.390 e. The third kappa shape index (κ3) is 2.41. The van der Waals surface area contributed by atoms with Crippen molar-refractivity contribution >= 4 is 0 Å². The van der Waals surface area contributed by atoms with Crippen LogP contribution in [0.2, 0.25) is 0 Å². The second-order valence-corrected chi connectivity index (χ2v) is 2.76. The van der Waals surface area contributed by atoms with Gasteiger partial charge in [0.25, 0.3) is 5.92 Å². The molecule has 7 heteroatoms. The highest BCUT2D eigenvalue weighted by atomic mass is 19.4. The summed E-state index contributed by atoms with van der Waals surface area (Å²) in [7, 11) is 0. The van der Waals surface area contributed by atoms with Crippen LogP contribution < -0.4 is 0 Å². The Kier molecular flexibility index (Phi) is 2.94. The van der Waals surface area contributed by atoms with E-state index in [0.717, 1.165) is 12.3 Å². The summed E-state index contributed by atoms with van der Waals surface area (Å²) in [5.74, 6) is -3.95. The van der Waals surface area contributed by atoms with Crippen LogP contribution in [0.15, 0.2) is 18.3 Å². The Hall–Kier alpha value is -1.24. The summed E-state index contributed by atoms with van der Waals surface area (Å²) in [6, 6.07) is 1.54. The van der Waals surface area contributed by atoms with Gasteiger partial charge < -0.3 is 5.11 Å². The Morgan fingerprint density at radius 2 is 1.80 bits per heavy atom. The number of rotatable bonds is 2. The molecular weight excluding hydrogens is 221 g/mol. The molecule has 0 fully saturated rings. The molecule has 0 aliphatic carbocycles. The maximum Gasteiger partial charge on any atom is 0.433 e. The van der Waals surface area contributed by atoms with Gasteiger partial charge in [0.15, 0.2) is 5.69 Å². The van der Waals surface area contributed by atoms with Gasteiger partial charge in [0.1, 0.15) is 6.61 Å². The van der Waals surface area contributed by atoms with Gasteiger partial charge >= 0.3 is 6.18 Å². The number of aliphatic hydroxyl groups excluding tert-OH is 1. The molecule has 15 heavy (non-hydrogen) atoms. The molecule has 1 aromatic heterocycles. The number of nitrogens with zero attached hydrogens (tertiary/aromatic N) is 1. The van der Waals surface area contributed by atoms with Crippen LogP contribution >= 0.6 is 0 Å². The van der Waals surface area contributed by atoms with Crippen molar-refractivity contribution in [1.82, 2.24) is 4.98 Å². The molecule has 1 N–H and O–H groups in total. The van der Waals surface area contributed by atoms with E-state index in [1.165, 1.54) is 0 Å². The lowest BCUT2D eigenvalue weighted by atomic mass is 10.1. The smallest absolute Gasteiger partial charge is 0.390 e. The first-order valence-corrected chi connectivity index (χ1v) is 3.80. The quantitative estimate of drug-likeness (QED) is 0.785. The van der Waals surface area contributed by atoms with E-state index in [-0.39, 0.29) is 0 Å². The Labute approximate surface area is 81.4 Å². The highest BCUT2D eigenvalue weighted by Gasteiger charge is 2.43. The zero-order valence-corrected chi connectivity index (χ0v) is 7.22. The first-order valence-electron chi connectivity index (χ1n) is 3.80. The summed E-state index contributed by atoms with van der Waals surface area (Å²) >= 11 is 0. The molecule has 0 aliphatic heterocycles. The lowest BCUT2D eigenvalue weighted by Crippen LogP contribution is -2.24. The molecule has 1 aromatic rings. The normalized spacial score (nSPS) is 12.9. The number of hydrogen-bond acceptors (Lipinski definition) is 2. The molecule has 0 aliphatic rings. The van der Waals surface area contributed by atoms with E-state index in [9.17, 15) is 22.0 Å². The molecule has 0 saturated carbocycles. The number of aliphatic hydroxyl groups is 1. The topological polar surface area (TPSA) is 33.1 Å². The molecule has 0 spiro atoms. The standard InChI is InChI=1S/C8H6F5NO/c9-7(10,4-15)5-2-1-3-14-6(5)8(11,12)13/h1-3,15H,4H2. The van der Waals surface area contributed by atoms with E-state index in [2.05, 4.69) is 4.98 Å². The average molecular weight is 227 g/mol. The summed E-state index contributed by atoms with van der Waals surface area (Å²) in [4.78, 5) is 2.85. The van der Waals surface area contributed by atoms with Crippen LogP contribution in [0.25, 0.3) is 0 Å².